The number of nitrogens with one attached hydrogen (secondary N) is 1. The van der Waals surface area contributed by atoms with Crippen LogP contribution in [0.25, 0.3) is 0 Å². The maximum absolute atomic E-state index is 11.5. The van der Waals surface area contributed by atoms with Crippen LogP contribution < -0.4 is 10.2 Å². The van der Waals surface area contributed by atoms with Crippen LogP contribution in [0.5, 0.6) is 0 Å². The number of carbonyl (C=O) groups is 1. The molecule has 3 heterocycles. The quantitative estimate of drug-likeness (QED) is 0.520. The van der Waals surface area contributed by atoms with E-state index in [0.717, 1.165) is 72.5 Å². The first kappa shape index (κ1) is 25.3. The van der Waals surface area contributed by atoms with Gasteiger partial charge in [-0.3, -0.25) is 4.79 Å². The van der Waals surface area contributed by atoms with Crippen molar-refractivity contribution in [3.63, 3.8) is 0 Å². The Labute approximate surface area is 219 Å². The molecule has 2 aliphatic heterocycles. The van der Waals surface area contributed by atoms with Crippen LogP contribution >= 0.6 is 11.6 Å². The second-order valence-corrected chi connectivity index (χ2v) is 12.0. The minimum absolute atomic E-state index is 0.0337. The summed E-state index contributed by atoms with van der Waals surface area (Å²) in [5.74, 6) is 2.29. The van der Waals surface area contributed by atoms with Crippen molar-refractivity contribution in [2.75, 3.05) is 36.4 Å². The van der Waals surface area contributed by atoms with E-state index >= 15 is 0 Å². The molecular formula is C28H38ClN5O2. The second-order valence-electron chi connectivity index (χ2n) is 11.6. The number of piperidine rings is 1. The molecule has 8 heteroatoms. The number of hydrogen-bond acceptors (Lipinski definition) is 6. The molecule has 2 aromatic rings. The molecule has 1 aliphatic carbocycles. The van der Waals surface area contributed by atoms with Crippen LogP contribution in [-0.2, 0) is 4.79 Å². The van der Waals surface area contributed by atoms with Gasteiger partial charge in [0, 0.05) is 42.5 Å². The van der Waals surface area contributed by atoms with Gasteiger partial charge in [0.15, 0.2) is 0 Å². The van der Waals surface area contributed by atoms with Crippen LogP contribution in [-0.4, -0.2) is 58.2 Å². The Morgan fingerprint density at radius 3 is 2.67 bits per heavy atom. The molecule has 5 rings (SSSR count). The number of hydrogen-bond donors (Lipinski definition) is 2. The fourth-order valence-corrected chi connectivity index (χ4v) is 6.54. The number of rotatable bonds is 7. The first-order valence-electron chi connectivity index (χ1n) is 13.2. The van der Waals surface area contributed by atoms with Crippen molar-refractivity contribution in [1.29, 1.82) is 0 Å². The predicted octanol–water partition coefficient (Wildman–Crippen LogP) is 5.32. The molecule has 36 heavy (non-hydrogen) atoms. The average Bonchev–Trinajstić information content (AvgIpc) is 2.78. The van der Waals surface area contributed by atoms with Gasteiger partial charge in [-0.25, -0.2) is 4.98 Å². The Hall–Kier alpha value is -2.38. The summed E-state index contributed by atoms with van der Waals surface area (Å²) in [5.41, 5.74) is 2.70. The molecule has 0 bridgehead atoms. The molecule has 0 spiro atoms. The number of nitrogens with zero attached hydrogens (tertiary/aromatic N) is 4. The normalized spacial score (nSPS) is 27.8. The summed E-state index contributed by atoms with van der Waals surface area (Å²) in [6.07, 6.45) is 5.93. The van der Waals surface area contributed by atoms with E-state index in [9.17, 15) is 9.90 Å². The Morgan fingerprint density at radius 1 is 1.22 bits per heavy atom. The number of aliphatic carboxylic acids is 1. The van der Waals surface area contributed by atoms with Gasteiger partial charge in [-0.2, -0.15) is 4.98 Å². The van der Waals surface area contributed by atoms with E-state index in [1.807, 2.05) is 33.0 Å². The molecule has 3 fully saturated rings. The lowest BCUT2D eigenvalue weighted by Crippen LogP contribution is -2.58. The topological polar surface area (TPSA) is 81.6 Å². The summed E-state index contributed by atoms with van der Waals surface area (Å²) in [5, 5.41) is 13.8. The maximum Gasteiger partial charge on any atom is 0.309 e. The Kier molecular flexibility index (Phi) is 6.90. The summed E-state index contributed by atoms with van der Waals surface area (Å²) in [6.45, 7) is 12.2. The third-order valence-electron chi connectivity index (χ3n) is 8.69. The Bertz CT molecular complexity index is 1130. The third kappa shape index (κ3) is 4.92. The molecule has 1 aromatic heterocycles. The van der Waals surface area contributed by atoms with E-state index in [-0.39, 0.29) is 6.04 Å². The molecular weight excluding hydrogens is 474 g/mol. The highest BCUT2D eigenvalue weighted by atomic mass is 35.5. The van der Waals surface area contributed by atoms with Crippen LogP contribution in [0.4, 0.5) is 11.8 Å². The summed E-state index contributed by atoms with van der Waals surface area (Å²) >= 11 is 6.49. The van der Waals surface area contributed by atoms with Crippen molar-refractivity contribution in [2.45, 2.75) is 65.5 Å². The highest BCUT2D eigenvalue weighted by Crippen LogP contribution is 2.45. The first-order chi connectivity index (χ1) is 17.1. The van der Waals surface area contributed by atoms with Gasteiger partial charge in [0.2, 0.25) is 5.95 Å². The molecule has 2 N–H and O–H groups in total. The number of likely N-dealkylation sites (tertiary alicyclic amines) is 1. The van der Waals surface area contributed by atoms with Crippen molar-refractivity contribution in [1.82, 2.24) is 14.9 Å². The van der Waals surface area contributed by atoms with Crippen molar-refractivity contribution >= 4 is 29.3 Å². The molecule has 2 unspecified atom stereocenters. The lowest BCUT2D eigenvalue weighted by atomic mass is 9.65. The molecule has 3 aliphatic rings. The molecule has 1 saturated carbocycles. The van der Waals surface area contributed by atoms with Gasteiger partial charge in [0.1, 0.15) is 5.82 Å². The van der Waals surface area contributed by atoms with E-state index in [2.05, 4.69) is 39.2 Å². The van der Waals surface area contributed by atoms with Crippen LogP contribution in [0.2, 0.25) is 5.02 Å². The average molecular weight is 512 g/mol. The van der Waals surface area contributed by atoms with Crippen molar-refractivity contribution in [2.24, 2.45) is 17.3 Å². The number of carboxylic acid groups (broad SMARTS) is 1. The van der Waals surface area contributed by atoms with Crippen LogP contribution in [0, 0.1) is 31.1 Å². The second kappa shape index (κ2) is 9.82. The summed E-state index contributed by atoms with van der Waals surface area (Å²) in [6, 6.07) is 6.62. The first-order valence-corrected chi connectivity index (χ1v) is 13.6. The van der Waals surface area contributed by atoms with Gasteiger partial charge in [-0.1, -0.05) is 23.7 Å². The minimum atomic E-state index is -0.648. The lowest BCUT2D eigenvalue weighted by Gasteiger charge is -2.52. The summed E-state index contributed by atoms with van der Waals surface area (Å²) < 4.78 is 0. The molecule has 1 aromatic carbocycles. The monoisotopic (exact) mass is 511 g/mol. The number of benzene rings is 1. The minimum Gasteiger partial charge on any atom is -0.481 e. The predicted molar refractivity (Wildman–Crippen MR) is 144 cm³/mol. The lowest BCUT2D eigenvalue weighted by molar-refractivity contribution is -0.158. The summed E-state index contributed by atoms with van der Waals surface area (Å²) in [7, 11) is 0. The zero-order valence-electron chi connectivity index (χ0n) is 21.8. The van der Waals surface area contributed by atoms with E-state index in [0.29, 0.717) is 17.9 Å². The maximum atomic E-state index is 11.5. The van der Waals surface area contributed by atoms with Crippen molar-refractivity contribution in [3.05, 3.63) is 46.1 Å². The molecule has 2 atom stereocenters. The van der Waals surface area contributed by atoms with Gasteiger partial charge in [-0.05, 0) is 89.0 Å². The fraction of sp³-hybridized carbons (Fsp3) is 0.607. The highest BCUT2D eigenvalue weighted by Gasteiger charge is 2.49. The number of anilines is 2. The van der Waals surface area contributed by atoms with Crippen molar-refractivity contribution < 1.29 is 9.90 Å². The number of halogens is 1. The smallest absolute Gasteiger partial charge is 0.309 e. The number of aryl methyl sites for hydroxylation is 2. The van der Waals surface area contributed by atoms with Crippen LogP contribution in [0.3, 0.4) is 0 Å². The Morgan fingerprint density at radius 2 is 1.97 bits per heavy atom. The molecule has 0 amide bonds. The zero-order valence-corrected chi connectivity index (χ0v) is 22.6. The van der Waals surface area contributed by atoms with Gasteiger partial charge < -0.3 is 20.2 Å². The SMILES string of the molecule is Cc1ccc(C(C)Nc2nc(N3CC(C4CCCN(C5CC(C)(C(=O)O)C5)C4)C3)ncc2C)c(Cl)c1. The van der Waals surface area contributed by atoms with Gasteiger partial charge in [0.25, 0.3) is 0 Å². The fourth-order valence-electron chi connectivity index (χ4n) is 6.14. The van der Waals surface area contributed by atoms with Crippen LogP contribution in [0.1, 0.15) is 62.3 Å². The Balaban J connectivity index is 1.17. The molecule has 194 valence electrons. The molecule has 0 radical (unpaired) electrons. The van der Waals surface area contributed by atoms with E-state index in [4.69, 9.17) is 16.6 Å². The number of aromatic nitrogens is 2. The van der Waals surface area contributed by atoms with E-state index in [1.54, 1.807) is 0 Å². The summed E-state index contributed by atoms with van der Waals surface area (Å²) in [4.78, 5) is 25.8. The third-order valence-corrected chi connectivity index (χ3v) is 9.02. The van der Waals surface area contributed by atoms with Gasteiger partial charge >= 0.3 is 5.97 Å². The number of carboxylic acids is 1. The standard InChI is InChI=1S/C28H38ClN5O2/c1-17-7-8-23(24(29)10-17)19(3)31-25-18(2)13-30-27(32-25)34-15-21(16-34)20-6-5-9-33(14-20)22-11-28(4,12-22)26(35)36/h7-8,10,13,19-22H,5-6,9,11-12,14-16H2,1-4H3,(H,35,36)(H,30,31,32). The molecule has 2 saturated heterocycles. The molecule has 7 nitrogen and oxygen atoms in total. The zero-order chi connectivity index (χ0) is 25.6. The largest absolute Gasteiger partial charge is 0.481 e. The van der Waals surface area contributed by atoms with E-state index in [1.165, 1.54) is 12.8 Å². The highest BCUT2D eigenvalue weighted by molar-refractivity contribution is 6.31. The van der Waals surface area contributed by atoms with Gasteiger partial charge in [0.05, 0.1) is 11.5 Å². The van der Waals surface area contributed by atoms with E-state index < -0.39 is 11.4 Å². The van der Waals surface area contributed by atoms with Crippen molar-refractivity contribution in [3.8, 4) is 0 Å². The van der Waals surface area contributed by atoms with Gasteiger partial charge in [-0.15, -0.1) is 0 Å². The van der Waals surface area contributed by atoms with Crippen LogP contribution in [0.15, 0.2) is 24.4 Å².